The lowest BCUT2D eigenvalue weighted by Gasteiger charge is -2.17. The Bertz CT molecular complexity index is 985. The molecule has 0 spiro atoms. The summed E-state index contributed by atoms with van der Waals surface area (Å²) in [6, 6.07) is 20.8. The Morgan fingerprint density at radius 2 is 1.69 bits per heavy atom. The van der Waals surface area contributed by atoms with E-state index < -0.39 is 0 Å². The zero-order chi connectivity index (χ0) is 20.8. The lowest BCUT2D eigenvalue weighted by molar-refractivity contribution is 0.343. The van der Waals surface area contributed by atoms with E-state index in [1.807, 2.05) is 50.3 Å². The zero-order valence-electron chi connectivity index (χ0n) is 17.7. The normalized spacial score (nSPS) is 11.7. The van der Waals surface area contributed by atoms with E-state index in [1.165, 1.54) is 5.56 Å². The van der Waals surface area contributed by atoms with Crippen molar-refractivity contribution >= 4 is 17.4 Å². The van der Waals surface area contributed by atoms with Crippen molar-refractivity contribution in [2.24, 2.45) is 4.99 Å². The molecule has 0 radical (unpaired) electrons. The standard InChI is InChI=1S/C24H29N5/c1-18(16-17-21-12-8-6-9-13-21)25-24-23(22-14-10-7-11-15-22)19(2)26-29(24)20(3)27-28(4)5/h6-15,27H,3,16-17H2,1-2,4-5H3/b25-18-. The summed E-state index contributed by atoms with van der Waals surface area (Å²) in [5.41, 5.74) is 8.62. The molecule has 2 aromatic carbocycles. The molecule has 3 rings (SSSR count). The smallest absolute Gasteiger partial charge is 0.165 e. The Balaban J connectivity index is 1.98. The molecule has 0 aliphatic carbocycles. The Kier molecular flexibility index (Phi) is 6.62. The van der Waals surface area contributed by atoms with Crippen LogP contribution in [0.25, 0.3) is 16.9 Å². The van der Waals surface area contributed by atoms with Crippen LogP contribution in [0.3, 0.4) is 0 Å². The Morgan fingerprint density at radius 3 is 2.31 bits per heavy atom. The Morgan fingerprint density at radius 1 is 1.07 bits per heavy atom. The van der Waals surface area contributed by atoms with Crippen molar-refractivity contribution in [3.8, 4) is 11.1 Å². The summed E-state index contributed by atoms with van der Waals surface area (Å²) in [4.78, 5) is 5.00. The topological polar surface area (TPSA) is 45.5 Å². The minimum absolute atomic E-state index is 0.662. The molecule has 5 nitrogen and oxygen atoms in total. The van der Waals surface area contributed by atoms with E-state index in [0.717, 1.165) is 41.2 Å². The first-order valence-corrected chi connectivity index (χ1v) is 9.82. The molecule has 0 amide bonds. The number of aliphatic imine (C=N–C) groups is 1. The largest absolute Gasteiger partial charge is 0.304 e. The molecule has 0 atom stereocenters. The van der Waals surface area contributed by atoms with Gasteiger partial charge in [-0.1, -0.05) is 67.2 Å². The van der Waals surface area contributed by atoms with E-state index in [0.29, 0.717) is 5.82 Å². The summed E-state index contributed by atoms with van der Waals surface area (Å²) in [5.74, 6) is 1.47. The summed E-state index contributed by atoms with van der Waals surface area (Å²) in [7, 11) is 3.85. The van der Waals surface area contributed by atoms with Gasteiger partial charge in [0.2, 0.25) is 0 Å². The minimum Gasteiger partial charge on any atom is -0.304 e. The summed E-state index contributed by atoms with van der Waals surface area (Å²) in [6.45, 7) is 8.24. The molecular formula is C24H29N5. The summed E-state index contributed by atoms with van der Waals surface area (Å²) in [6.07, 6.45) is 1.84. The van der Waals surface area contributed by atoms with Crippen molar-refractivity contribution in [3.63, 3.8) is 0 Å². The molecule has 0 saturated heterocycles. The minimum atomic E-state index is 0.662. The molecule has 5 heteroatoms. The first-order chi connectivity index (χ1) is 14.0. The van der Waals surface area contributed by atoms with Crippen LogP contribution in [0.15, 0.2) is 72.2 Å². The predicted molar refractivity (Wildman–Crippen MR) is 122 cm³/mol. The molecule has 0 aliphatic heterocycles. The van der Waals surface area contributed by atoms with Crippen molar-refractivity contribution in [2.75, 3.05) is 14.1 Å². The highest BCUT2D eigenvalue weighted by atomic mass is 15.5. The van der Waals surface area contributed by atoms with Gasteiger partial charge in [0.25, 0.3) is 0 Å². The second-order valence-corrected chi connectivity index (χ2v) is 7.35. The number of hydrogen-bond donors (Lipinski definition) is 1. The van der Waals surface area contributed by atoms with Crippen molar-refractivity contribution in [2.45, 2.75) is 26.7 Å². The quantitative estimate of drug-likeness (QED) is 0.433. The van der Waals surface area contributed by atoms with Gasteiger partial charge in [-0.3, -0.25) is 0 Å². The Labute approximate surface area is 173 Å². The average molecular weight is 388 g/mol. The van der Waals surface area contributed by atoms with Crippen LogP contribution in [0.1, 0.15) is 24.6 Å². The van der Waals surface area contributed by atoms with Crippen LogP contribution >= 0.6 is 0 Å². The number of aryl methyl sites for hydroxylation is 2. The molecule has 29 heavy (non-hydrogen) atoms. The summed E-state index contributed by atoms with van der Waals surface area (Å²) >= 11 is 0. The van der Waals surface area contributed by atoms with Crippen LogP contribution in [-0.4, -0.2) is 34.6 Å². The van der Waals surface area contributed by atoms with Gasteiger partial charge in [-0.15, -0.1) is 0 Å². The van der Waals surface area contributed by atoms with Crippen LogP contribution in [0.5, 0.6) is 0 Å². The molecule has 0 unspecified atom stereocenters. The van der Waals surface area contributed by atoms with E-state index in [9.17, 15) is 0 Å². The summed E-state index contributed by atoms with van der Waals surface area (Å²) in [5, 5.41) is 6.58. The molecule has 0 bridgehead atoms. The van der Waals surface area contributed by atoms with Gasteiger partial charge in [0.1, 0.15) is 5.82 Å². The Hall–Kier alpha value is -3.18. The third-order valence-electron chi connectivity index (χ3n) is 4.62. The fraction of sp³-hybridized carbons (Fsp3) is 0.250. The van der Waals surface area contributed by atoms with E-state index in [2.05, 4.69) is 55.3 Å². The molecule has 1 N–H and O–H groups in total. The van der Waals surface area contributed by atoms with Gasteiger partial charge in [-0.2, -0.15) is 9.78 Å². The lowest BCUT2D eigenvalue weighted by Crippen LogP contribution is -2.31. The molecule has 0 saturated carbocycles. The highest BCUT2D eigenvalue weighted by molar-refractivity contribution is 5.88. The van der Waals surface area contributed by atoms with Gasteiger partial charge in [-0.25, -0.2) is 10.0 Å². The zero-order valence-corrected chi connectivity index (χ0v) is 17.7. The fourth-order valence-corrected chi connectivity index (χ4v) is 3.26. The van der Waals surface area contributed by atoms with Gasteiger partial charge < -0.3 is 5.43 Å². The first kappa shape index (κ1) is 20.6. The van der Waals surface area contributed by atoms with Crippen LogP contribution in [0.2, 0.25) is 0 Å². The van der Waals surface area contributed by atoms with Crippen molar-refractivity contribution < 1.29 is 0 Å². The predicted octanol–water partition coefficient (Wildman–Crippen LogP) is 5.08. The van der Waals surface area contributed by atoms with Crippen LogP contribution in [0.4, 0.5) is 5.82 Å². The van der Waals surface area contributed by atoms with Crippen LogP contribution in [0, 0.1) is 6.92 Å². The van der Waals surface area contributed by atoms with E-state index in [4.69, 9.17) is 10.1 Å². The molecule has 150 valence electrons. The maximum Gasteiger partial charge on any atom is 0.165 e. The van der Waals surface area contributed by atoms with Gasteiger partial charge in [0.05, 0.1) is 5.69 Å². The second-order valence-electron chi connectivity index (χ2n) is 7.35. The van der Waals surface area contributed by atoms with Crippen LogP contribution in [-0.2, 0) is 6.42 Å². The SMILES string of the molecule is C=C(NN(C)C)n1nc(C)c(-c2ccccc2)c1/N=C(/C)CCc1ccccc1. The third kappa shape index (κ3) is 5.21. The number of aromatic nitrogens is 2. The number of hydrogen-bond acceptors (Lipinski definition) is 4. The average Bonchev–Trinajstić information content (AvgIpc) is 3.03. The maximum absolute atomic E-state index is 5.00. The number of hydrazine groups is 1. The van der Waals surface area contributed by atoms with Gasteiger partial charge in [-0.05, 0) is 37.8 Å². The van der Waals surface area contributed by atoms with E-state index in [1.54, 1.807) is 4.68 Å². The number of benzene rings is 2. The van der Waals surface area contributed by atoms with Crippen molar-refractivity contribution in [1.29, 1.82) is 0 Å². The van der Waals surface area contributed by atoms with E-state index in [-0.39, 0.29) is 0 Å². The molecule has 0 aliphatic rings. The van der Waals surface area contributed by atoms with E-state index >= 15 is 0 Å². The summed E-state index contributed by atoms with van der Waals surface area (Å²) < 4.78 is 1.80. The monoisotopic (exact) mass is 387 g/mol. The fourth-order valence-electron chi connectivity index (χ4n) is 3.26. The van der Waals surface area contributed by atoms with Gasteiger partial charge in [0, 0.05) is 25.4 Å². The van der Waals surface area contributed by atoms with Gasteiger partial charge >= 0.3 is 0 Å². The molecular weight excluding hydrogens is 358 g/mol. The number of rotatable bonds is 8. The van der Waals surface area contributed by atoms with Crippen molar-refractivity contribution in [1.82, 2.24) is 20.2 Å². The van der Waals surface area contributed by atoms with Gasteiger partial charge in [0.15, 0.2) is 5.82 Å². The molecule has 1 heterocycles. The highest BCUT2D eigenvalue weighted by Gasteiger charge is 2.18. The third-order valence-corrected chi connectivity index (χ3v) is 4.62. The maximum atomic E-state index is 5.00. The molecule has 1 aromatic heterocycles. The second kappa shape index (κ2) is 9.34. The molecule has 0 fully saturated rings. The molecule has 3 aromatic rings. The van der Waals surface area contributed by atoms with Crippen LogP contribution < -0.4 is 5.43 Å². The lowest BCUT2D eigenvalue weighted by atomic mass is 10.1. The number of nitrogens with one attached hydrogen (secondary N) is 1. The highest BCUT2D eigenvalue weighted by Crippen LogP contribution is 2.35. The first-order valence-electron chi connectivity index (χ1n) is 9.82. The van der Waals surface area contributed by atoms with Crippen molar-refractivity contribution in [3.05, 3.63) is 78.5 Å². The number of nitrogens with zero attached hydrogens (tertiary/aromatic N) is 4.